The van der Waals surface area contributed by atoms with Gasteiger partial charge in [-0.25, -0.2) is 0 Å². The molecule has 0 saturated heterocycles. The summed E-state index contributed by atoms with van der Waals surface area (Å²) in [5, 5.41) is 2.20. The zero-order chi connectivity index (χ0) is 12.4. The van der Waals surface area contributed by atoms with Gasteiger partial charge in [0.1, 0.15) is 5.75 Å². The molecular formula is C13H12BrIOS. The predicted octanol–water partition coefficient (Wildman–Crippen LogP) is 5.15. The number of thiophene rings is 1. The molecule has 0 aliphatic heterocycles. The van der Waals surface area contributed by atoms with Crippen LogP contribution in [0, 0.1) is 9.81 Å². The lowest BCUT2D eigenvalue weighted by atomic mass is 10.0. The molecule has 2 rings (SSSR count). The second kappa shape index (κ2) is 5.71. The Morgan fingerprint density at radius 1 is 1.29 bits per heavy atom. The van der Waals surface area contributed by atoms with E-state index in [0.717, 1.165) is 5.75 Å². The first-order valence-corrected chi connectivity index (χ1v) is 8.01. The van der Waals surface area contributed by atoms with Crippen LogP contribution in [0.15, 0.2) is 29.6 Å². The summed E-state index contributed by atoms with van der Waals surface area (Å²) in [6.07, 6.45) is 0. The Balaban J connectivity index is 2.31. The maximum atomic E-state index is 5.28. The molecular weight excluding hydrogens is 411 g/mol. The van der Waals surface area contributed by atoms with E-state index in [9.17, 15) is 0 Å². The van der Waals surface area contributed by atoms with Crippen molar-refractivity contribution in [3.63, 3.8) is 0 Å². The first-order valence-electron chi connectivity index (χ1n) is 5.14. The van der Waals surface area contributed by atoms with Gasteiger partial charge in [0.2, 0.25) is 0 Å². The first-order chi connectivity index (χ1) is 8.11. The number of hydrogen-bond acceptors (Lipinski definition) is 2. The monoisotopic (exact) mass is 422 g/mol. The normalized spacial score (nSPS) is 12.5. The molecule has 0 aliphatic carbocycles. The highest BCUT2D eigenvalue weighted by Gasteiger charge is 2.13. The summed E-state index contributed by atoms with van der Waals surface area (Å²) in [5.41, 5.74) is 3.74. The van der Waals surface area contributed by atoms with Gasteiger partial charge in [-0.2, -0.15) is 0 Å². The quantitative estimate of drug-likeness (QED) is 0.490. The molecule has 0 spiro atoms. The van der Waals surface area contributed by atoms with Crippen LogP contribution in [0.3, 0.4) is 0 Å². The Morgan fingerprint density at radius 3 is 2.59 bits per heavy atom. The molecule has 90 valence electrons. The van der Waals surface area contributed by atoms with Crippen LogP contribution in [0.25, 0.3) is 0 Å². The Morgan fingerprint density at radius 2 is 2.06 bits per heavy atom. The third-order valence-electron chi connectivity index (χ3n) is 2.59. The molecule has 1 aromatic carbocycles. The average molecular weight is 423 g/mol. The van der Waals surface area contributed by atoms with Crippen molar-refractivity contribution in [1.82, 2.24) is 0 Å². The third kappa shape index (κ3) is 3.03. The van der Waals surface area contributed by atoms with Gasteiger partial charge in [0.05, 0.1) is 14.8 Å². The van der Waals surface area contributed by atoms with Crippen LogP contribution in [-0.2, 0) is 0 Å². The van der Waals surface area contributed by atoms with Crippen molar-refractivity contribution in [3.8, 4) is 5.75 Å². The minimum absolute atomic E-state index is 0.256. The summed E-state index contributed by atoms with van der Waals surface area (Å²) in [4.78, 5) is 0.256. The highest BCUT2D eigenvalue weighted by atomic mass is 127. The van der Waals surface area contributed by atoms with E-state index in [1.165, 1.54) is 19.6 Å². The summed E-state index contributed by atoms with van der Waals surface area (Å²) in [5.74, 6) is 0.938. The van der Waals surface area contributed by atoms with E-state index in [-0.39, 0.29) is 4.83 Å². The number of methoxy groups -OCH3 is 1. The molecule has 1 nitrogen and oxygen atoms in total. The van der Waals surface area contributed by atoms with Crippen molar-refractivity contribution >= 4 is 49.9 Å². The number of alkyl halides is 1. The Hall–Kier alpha value is -0.0700. The smallest absolute Gasteiger partial charge is 0.121 e. The van der Waals surface area contributed by atoms with Gasteiger partial charge in [-0.1, -0.05) is 28.1 Å². The van der Waals surface area contributed by atoms with Crippen LogP contribution >= 0.6 is 49.9 Å². The van der Waals surface area contributed by atoms with Gasteiger partial charge in [-0.3, -0.25) is 0 Å². The fourth-order valence-corrected chi connectivity index (χ4v) is 3.83. The van der Waals surface area contributed by atoms with Crippen LogP contribution in [0.1, 0.15) is 21.5 Å². The molecule has 4 heteroatoms. The maximum Gasteiger partial charge on any atom is 0.121 e. The molecule has 0 N–H and O–H groups in total. The Labute approximate surface area is 127 Å². The number of aryl methyl sites for hydroxylation is 1. The Bertz CT molecular complexity index is 524. The average Bonchev–Trinajstić information content (AvgIpc) is 2.75. The number of halogens is 2. The van der Waals surface area contributed by atoms with Gasteiger partial charge in [0, 0.05) is 0 Å². The van der Waals surface area contributed by atoms with Crippen molar-refractivity contribution in [1.29, 1.82) is 0 Å². The lowest BCUT2D eigenvalue weighted by Gasteiger charge is -2.11. The second-order valence-corrected chi connectivity index (χ2v) is 7.50. The SMILES string of the molecule is COc1ccc(C(Br)c2csc(I)c2)cc1C. The fraction of sp³-hybridized carbons (Fsp3) is 0.231. The summed E-state index contributed by atoms with van der Waals surface area (Å²) >= 11 is 7.87. The lowest BCUT2D eigenvalue weighted by Crippen LogP contribution is -1.93. The van der Waals surface area contributed by atoms with Gasteiger partial charge in [-0.15, -0.1) is 11.3 Å². The van der Waals surface area contributed by atoms with Crippen molar-refractivity contribution < 1.29 is 4.74 Å². The van der Waals surface area contributed by atoms with E-state index in [0.29, 0.717) is 0 Å². The van der Waals surface area contributed by atoms with Crippen molar-refractivity contribution in [2.45, 2.75) is 11.8 Å². The summed E-state index contributed by atoms with van der Waals surface area (Å²) in [7, 11) is 1.70. The molecule has 0 fully saturated rings. The van der Waals surface area contributed by atoms with Crippen LogP contribution in [0.4, 0.5) is 0 Å². The van der Waals surface area contributed by atoms with E-state index in [1.54, 1.807) is 18.4 Å². The molecule has 1 unspecified atom stereocenters. The maximum absolute atomic E-state index is 5.28. The molecule has 2 aromatic rings. The molecule has 1 heterocycles. The minimum Gasteiger partial charge on any atom is -0.496 e. The first kappa shape index (κ1) is 13.4. The molecule has 0 bridgehead atoms. The van der Waals surface area contributed by atoms with Crippen LogP contribution in [-0.4, -0.2) is 7.11 Å². The summed E-state index contributed by atoms with van der Waals surface area (Å²) < 4.78 is 6.59. The zero-order valence-electron chi connectivity index (χ0n) is 9.54. The van der Waals surface area contributed by atoms with Crippen molar-refractivity contribution in [3.05, 3.63) is 49.2 Å². The van der Waals surface area contributed by atoms with Gasteiger partial charge in [0.25, 0.3) is 0 Å². The molecule has 1 atom stereocenters. The van der Waals surface area contributed by atoms with Gasteiger partial charge in [0.15, 0.2) is 0 Å². The highest BCUT2D eigenvalue weighted by Crippen LogP contribution is 2.35. The van der Waals surface area contributed by atoms with Gasteiger partial charge in [-0.05, 0) is 63.7 Å². The fourth-order valence-electron chi connectivity index (χ4n) is 1.71. The molecule has 0 amide bonds. The summed E-state index contributed by atoms with van der Waals surface area (Å²) in [6.45, 7) is 2.07. The van der Waals surface area contributed by atoms with Crippen molar-refractivity contribution in [2.75, 3.05) is 7.11 Å². The molecule has 0 aliphatic rings. The minimum atomic E-state index is 0.256. The van der Waals surface area contributed by atoms with Gasteiger partial charge >= 0.3 is 0 Å². The number of ether oxygens (including phenoxy) is 1. The highest BCUT2D eigenvalue weighted by molar-refractivity contribution is 14.1. The topological polar surface area (TPSA) is 9.23 Å². The van der Waals surface area contributed by atoms with E-state index in [4.69, 9.17) is 4.74 Å². The van der Waals surface area contributed by atoms with E-state index >= 15 is 0 Å². The van der Waals surface area contributed by atoms with E-state index in [1.807, 2.05) is 6.07 Å². The third-order valence-corrected chi connectivity index (χ3v) is 5.46. The van der Waals surface area contributed by atoms with Crippen LogP contribution in [0.2, 0.25) is 0 Å². The Kier molecular flexibility index (Phi) is 4.49. The molecule has 17 heavy (non-hydrogen) atoms. The number of rotatable bonds is 3. The molecule has 0 saturated carbocycles. The van der Waals surface area contributed by atoms with Crippen LogP contribution in [0.5, 0.6) is 5.75 Å². The number of hydrogen-bond donors (Lipinski definition) is 0. The lowest BCUT2D eigenvalue weighted by molar-refractivity contribution is 0.411. The molecule has 1 aromatic heterocycles. The predicted molar refractivity (Wildman–Crippen MR) is 85.5 cm³/mol. The largest absolute Gasteiger partial charge is 0.496 e. The zero-order valence-corrected chi connectivity index (χ0v) is 14.1. The number of benzene rings is 1. The van der Waals surface area contributed by atoms with Crippen LogP contribution < -0.4 is 4.74 Å². The van der Waals surface area contributed by atoms with E-state index in [2.05, 4.69) is 69.0 Å². The standard InChI is InChI=1S/C13H12BrIOS/c1-8-5-9(3-4-11(8)16-2)13(14)10-6-12(15)17-7-10/h3-7,13H,1-2H3. The second-order valence-electron chi connectivity index (χ2n) is 3.78. The summed E-state index contributed by atoms with van der Waals surface area (Å²) in [6, 6.07) is 8.51. The van der Waals surface area contributed by atoms with Crippen molar-refractivity contribution in [2.24, 2.45) is 0 Å². The molecule has 0 radical (unpaired) electrons. The van der Waals surface area contributed by atoms with Gasteiger partial charge < -0.3 is 4.74 Å². The van der Waals surface area contributed by atoms with E-state index < -0.39 is 0 Å².